The van der Waals surface area contributed by atoms with Gasteiger partial charge in [-0.1, -0.05) is 12.1 Å². The standard InChI is InChI=1S/C16H28N4O/c1-13(17-2)14-8-7-9-15(12-14)19-16(21)18-10-5-6-11-20(3)4/h7-9,12-13,17H,5-6,10-11H2,1-4H3,(H2,18,19,21). The molecule has 2 amide bonds. The van der Waals surface area contributed by atoms with E-state index in [1.54, 1.807) is 0 Å². The van der Waals surface area contributed by atoms with Crippen LogP contribution in [-0.2, 0) is 0 Å². The van der Waals surface area contributed by atoms with Crippen LogP contribution in [0.25, 0.3) is 0 Å². The van der Waals surface area contributed by atoms with Crippen LogP contribution in [0, 0.1) is 0 Å². The highest BCUT2D eigenvalue weighted by Crippen LogP contribution is 2.16. The summed E-state index contributed by atoms with van der Waals surface area (Å²) in [5.74, 6) is 0. The van der Waals surface area contributed by atoms with Gasteiger partial charge >= 0.3 is 6.03 Å². The van der Waals surface area contributed by atoms with Crippen LogP contribution in [0.2, 0.25) is 0 Å². The molecule has 0 radical (unpaired) electrons. The van der Waals surface area contributed by atoms with E-state index in [-0.39, 0.29) is 12.1 Å². The van der Waals surface area contributed by atoms with Gasteiger partial charge in [-0.25, -0.2) is 4.79 Å². The Bertz CT molecular complexity index is 434. The number of benzene rings is 1. The molecule has 1 atom stereocenters. The van der Waals surface area contributed by atoms with E-state index in [1.165, 1.54) is 0 Å². The molecule has 1 aromatic carbocycles. The van der Waals surface area contributed by atoms with Gasteiger partial charge < -0.3 is 20.9 Å². The third kappa shape index (κ3) is 7.11. The molecule has 3 N–H and O–H groups in total. The van der Waals surface area contributed by atoms with Crippen molar-refractivity contribution in [2.45, 2.75) is 25.8 Å². The topological polar surface area (TPSA) is 56.4 Å². The van der Waals surface area contributed by atoms with E-state index < -0.39 is 0 Å². The van der Waals surface area contributed by atoms with Crippen molar-refractivity contribution in [1.29, 1.82) is 0 Å². The normalized spacial score (nSPS) is 12.2. The monoisotopic (exact) mass is 292 g/mol. The lowest BCUT2D eigenvalue weighted by Gasteiger charge is -2.13. The number of hydrogen-bond donors (Lipinski definition) is 3. The minimum Gasteiger partial charge on any atom is -0.338 e. The molecule has 5 nitrogen and oxygen atoms in total. The van der Waals surface area contributed by atoms with E-state index >= 15 is 0 Å². The van der Waals surface area contributed by atoms with E-state index in [9.17, 15) is 4.79 Å². The average Bonchev–Trinajstić information content (AvgIpc) is 2.46. The van der Waals surface area contributed by atoms with Crippen molar-refractivity contribution in [1.82, 2.24) is 15.5 Å². The van der Waals surface area contributed by atoms with Crippen LogP contribution in [0.3, 0.4) is 0 Å². The average molecular weight is 292 g/mol. The summed E-state index contributed by atoms with van der Waals surface area (Å²) in [4.78, 5) is 14.0. The van der Waals surface area contributed by atoms with Crippen molar-refractivity contribution in [3.05, 3.63) is 29.8 Å². The van der Waals surface area contributed by atoms with Crippen molar-refractivity contribution in [2.75, 3.05) is 39.5 Å². The lowest BCUT2D eigenvalue weighted by atomic mass is 10.1. The molecule has 1 unspecified atom stereocenters. The van der Waals surface area contributed by atoms with Crippen molar-refractivity contribution in [2.24, 2.45) is 0 Å². The van der Waals surface area contributed by atoms with Crippen molar-refractivity contribution < 1.29 is 4.79 Å². The summed E-state index contributed by atoms with van der Waals surface area (Å²) in [6.45, 7) is 3.84. The first-order chi connectivity index (χ1) is 10.0. The maximum absolute atomic E-state index is 11.8. The Morgan fingerprint density at radius 2 is 2.05 bits per heavy atom. The van der Waals surface area contributed by atoms with Gasteiger partial charge in [0, 0.05) is 18.3 Å². The summed E-state index contributed by atoms with van der Waals surface area (Å²) in [6, 6.07) is 8.01. The summed E-state index contributed by atoms with van der Waals surface area (Å²) in [6.07, 6.45) is 2.07. The number of carbonyl (C=O) groups excluding carboxylic acids is 1. The van der Waals surface area contributed by atoms with Crippen molar-refractivity contribution in [3.63, 3.8) is 0 Å². The predicted molar refractivity (Wildman–Crippen MR) is 88.7 cm³/mol. The third-order valence-electron chi connectivity index (χ3n) is 3.40. The molecule has 0 aromatic heterocycles. The number of hydrogen-bond acceptors (Lipinski definition) is 3. The largest absolute Gasteiger partial charge is 0.338 e. The van der Waals surface area contributed by atoms with Gasteiger partial charge in [-0.3, -0.25) is 0 Å². The molecule has 0 heterocycles. The molecule has 0 aliphatic rings. The van der Waals surface area contributed by atoms with Gasteiger partial charge in [-0.15, -0.1) is 0 Å². The number of amides is 2. The van der Waals surface area contributed by atoms with Crippen molar-refractivity contribution in [3.8, 4) is 0 Å². The molecule has 0 saturated heterocycles. The van der Waals surface area contributed by atoms with Gasteiger partial charge in [-0.2, -0.15) is 0 Å². The van der Waals surface area contributed by atoms with Crippen LogP contribution in [0.15, 0.2) is 24.3 Å². The van der Waals surface area contributed by atoms with Crippen LogP contribution in [0.5, 0.6) is 0 Å². The number of unbranched alkanes of at least 4 members (excludes halogenated alkanes) is 1. The second kappa shape index (κ2) is 9.37. The van der Waals surface area contributed by atoms with E-state index in [0.717, 1.165) is 30.6 Å². The minimum atomic E-state index is -0.144. The Balaban J connectivity index is 2.34. The molecule has 0 spiro atoms. The molecule has 0 fully saturated rings. The molecule has 0 aliphatic heterocycles. The third-order valence-corrected chi connectivity index (χ3v) is 3.40. The first-order valence-electron chi connectivity index (χ1n) is 7.49. The van der Waals surface area contributed by atoms with Gasteiger partial charge in [0.2, 0.25) is 0 Å². The van der Waals surface area contributed by atoms with Crippen LogP contribution < -0.4 is 16.0 Å². The van der Waals surface area contributed by atoms with Gasteiger partial charge in [0.1, 0.15) is 0 Å². The minimum absolute atomic E-state index is 0.144. The van der Waals surface area contributed by atoms with E-state index in [2.05, 4.69) is 41.9 Å². The van der Waals surface area contributed by atoms with E-state index in [4.69, 9.17) is 0 Å². The molecule has 21 heavy (non-hydrogen) atoms. The molecule has 1 rings (SSSR count). The maximum Gasteiger partial charge on any atom is 0.319 e. The fraction of sp³-hybridized carbons (Fsp3) is 0.562. The summed E-state index contributed by atoms with van der Waals surface area (Å²) in [7, 11) is 6.03. The summed E-state index contributed by atoms with van der Waals surface area (Å²) in [5, 5.41) is 8.94. The highest BCUT2D eigenvalue weighted by atomic mass is 16.2. The SMILES string of the molecule is CNC(C)c1cccc(NC(=O)NCCCCN(C)C)c1. The molecular weight excluding hydrogens is 264 g/mol. The number of anilines is 1. The predicted octanol–water partition coefficient (Wildman–Crippen LogP) is 2.43. The maximum atomic E-state index is 11.8. The zero-order valence-electron chi connectivity index (χ0n) is 13.6. The number of rotatable bonds is 8. The molecule has 1 aromatic rings. The molecule has 0 aliphatic carbocycles. The van der Waals surface area contributed by atoms with Crippen LogP contribution in [0.1, 0.15) is 31.4 Å². The second-order valence-electron chi connectivity index (χ2n) is 5.53. The summed E-state index contributed by atoms with van der Waals surface area (Å²) < 4.78 is 0. The highest BCUT2D eigenvalue weighted by Gasteiger charge is 2.05. The molecule has 0 saturated carbocycles. The zero-order chi connectivity index (χ0) is 15.7. The van der Waals surface area contributed by atoms with Gasteiger partial charge in [0.05, 0.1) is 0 Å². The number of nitrogens with zero attached hydrogens (tertiary/aromatic N) is 1. The molecular formula is C16H28N4O. The van der Waals surface area contributed by atoms with Gasteiger partial charge in [0.25, 0.3) is 0 Å². The van der Waals surface area contributed by atoms with E-state index in [1.807, 2.05) is 31.3 Å². The van der Waals surface area contributed by atoms with Crippen LogP contribution >= 0.6 is 0 Å². The fourth-order valence-electron chi connectivity index (χ4n) is 1.98. The van der Waals surface area contributed by atoms with Crippen LogP contribution in [-0.4, -0.2) is 45.2 Å². The summed E-state index contributed by atoms with van der Waals surface area (Å²) in [5.41, 5.74) is 1.97. The summed E-state index contributed by atoms with van der Waals surface area (Å²) >= 11 is 0. The Morgan fingerprint density at radius 1 is 1.29 bits per heavy atom. The lowest BCUT2D eigenvalue weighted by Crippen LogP contribution is -2.30. The Labute approximate surface area is 128 Å². The zero-order valence-corrected chi connectivity index (χ0v) is 13.6. The number of carbonyl (C=O) groups is 1. The fourth-order valence-corrected chi connectivity index (χ4v) is 1.98. The first-order valence-corrected chi connectivity index (χ1v) is 7.49. The molecule has 0 bridgehead atoms. The lowest BCUT2D eigenvalue weighted by molar-refractivity contribution is 0.251. The van der Waals surface area contributed by atoms with Crippen molar-refractivity contribution >= 4 is 11.7 Å². The van der Waals surface area contributed by atoms with Gasteiger partial charge in [0.15, 0.2) is 0 Å². The first kappa shape index (κ1) is 17.5. The highest BCUT2D eigenvalue weighted by molar-refractivity contribution is 5.89. The smallest absolute Gasteiger partial charge is 0.319 e. The second-order valence-corrected chi connectivity index (χ2v) is 5.53. The Kier molecular flexibility index (Phi) is 7.79. The molecule has 118 valence electrons. The quantitative estimate of drug-likeness (QED) is 0.645. The Morgan fingerprint density at radius 3 is 2.71 bits per heavy atom. The number of nitrogens with one attached hydrogen (secondary N) is 3. The number of urea groups is 1. The van der Waals surface area contributed by atoms with E-state index in [0.29, 0.717) is 6.54 Å². The van der Waals surface area contributed by atoms with Gasteiger partial charge in [-0.05, 0) is 65.1 Å². The molecule has 5 heteroatoms. The van der Waals surface area contributed by atoms with Crippen LogP contribution in [0.4, 0.5) is 10.5 Å². The Hall–Kier alpha value is -1.59.